The number of rotatable bonds is 3. The molecule has 32 heavy (non-hydrogen) atoms. The van der Waals surface area contributed by atoms with Gasteiger partial charge in [-0.25, -0.2) is 10.0 Å². The van der Waals surface area contributed by atoms with Gasteiger partial charge in [0.15, 0.2) is 5.82 Å². The third-order valence-electron chi connectivity index (χ3n) is 6.37. The van der Waals surface area contributed by atoms with Crippen molar-refractivity contribution in [3.63, 3.8) is 0 Å². The first-order chi connectivity index (χ1) is 15.4. The minimum Gasteiger partial charge on any atom is -0.355 e. The van der Waals surface area contributed by atoms with Crippen LogP contribution in [0.15, 0.2) is 52.0 Å². The van der Waals surface area contributed by atoms with Gasteiger partial charge in [-0.05, 0) is 63.3 Å². The molecule has 3 aliphatic heterocycles. The molecule has 2 N–H and O–H groups in total. The van der Waals surface area contributed by atoms with Crippen LogP contribution in [0.5, 0.6) is 0 Å². The fraction of sp³-hybridized carbons (Fsp3) is 0.458. The Balaban J connectivity index is 1.64. The Morgan fingerprint density at radius 2 is 2.09 bits per heavy atom. The van der Waals surface area contributed by atoms with Crippen molar-refractivity contribution in [1.82, 2.24) is 14.8 Å². The van der Waals surface area contributed by atoms with E-state index in [1.807, 2.05) is 43.2 Å². The van der Waals surface area contributed by atoms with Crippen molar-refractivity contribution in [2.24, 2.45) is 15.8 Å². The normalized spacial score (nSPS) is 25.1. The summed E-state index contributed by atoms with van der Waals surface area (Å²) in [5.74, 6) is 1.60. The fourth-order valence-electron chi connectivity index (χ4n) is 4.53. The number of hydrogen-bond acceptors (Lipinski definition) is 6. The molecule has 1 unspecified atom stereocenters. The molecule has 3 aliphatic rings. The van der Waals surface area contributed by atoms with Crippen LogP contribution in [0.3, 0.4) is 0 Å². The SMILES string of the molecule is C=NN1C=C(C)C(N2CC[C@H](N)C2)=N/C1=C/C1CCCCN1C(=O)c1ccc(C)c(Cl)c1. The quantitative estimate of drug-likeness (QED) is 0.705. The molecule has 1 amide bonds. The standard InChI is InChI=1S/C24H31ClN6O/c1-16-7-8-18(12-21(16)25)24(32)30-10-5-4-6-20(30)13-22-28-23(17(2)14-31(22)27-3)29-11-9-19(26)15-29/h7-8,12-14,19-20H,3-6,9-11,15,26H2,1-2H3/b22-13-/t19-,20?/m0/s1. The van der Waals surface area contributed by atoms with Crippen molar-refractivity contribution in [1.29, 1.82) is 0 Å². The smallest absolute Gasteiger partial charge is 0.254 e. The maximum atomic E-state index is 13.3. The highest BCUT2D eigenvalue weighted by molar-refractivity contribution is 6.31. The van der Waals surface area contributed by atoms with E-state index in [0.29, 0.717) is 23.0 Å². The third-order valence-corrected chi connectivity index (χ3v) is 6.78. The van der Waals surface area contributed by atoms with Gasteiger partial charge in [-0.1, -0.05) is 17.7 Å². The Hall–Kier alpha value is -2.64. The van der Waals surface area contributed by atoms with Crippen molar-refractivity contribution >= 4 is 30.1 Å². The number of aryl methyl sites for hydroxylation is 1. The molecule has 4 rings (SSSR count). The first-order valence-corrected chi connectivity index (χ1v) is 11.6. The second-order valence-corrected chi connectivity index (χ2v) is 9.19. The van der Waals surface area contributed by atoms with Crippen molar-refractivity contribution in [2.45, 2.75) is 51.6 Å². The Kier molecular flexibility index (Phi) is 6.67. The molecule has 2 atom stereocenters. The largest absolute Gasteiger partial charge is 0.355 e. The molecule has 8 heteroatoms. The molecule has 1 aromatic carbocycles. The van der Waals surface area contributed by atoms with Gasteiger partial charge in [-0.2, -0.15) is 5.10 Å². The molecule has 170 valence electrons. The molecule has 0 radical (unpaired) electrons. The molecular weight excluding hydrogens is 424 g/mol. The molecule has 1 aromatic rings. The first kappa shape index (κ1) is 22.6. The lowest BCUT2D eigenvalue weighted by atomic mass is 10.00. The molecule has 7 nitrogen and oxygen atoms in total. The van der Waals surface area contributed by atoms with Gasteiger partial charge in [0.2, 0.25) is 0 Å². The highest BCUT2D eigenvalue weighted by Crippen LogP contribution is 2.27. The van der Waals surface area contributed by atoms with Gasteiger partial charge >= 0.3 is 0 Å². The van der Waals surface area contributed by atoms with Gasteiger partial charge in [0.05, 0.1) is 6.04 Å². The molecule has 2 fully saturated rings. The van der Waals surface area contributed by atoms with E-state index in [-0.39, 0.29) is 18.0 Å². The van der Waals surface area contributed by atoms with Gasteiger partial charge in [0, 0.05) is 54.8 Å². The van der Waals surface area contributed by atoms with Crippen LogP contribution in [0.2, 0.25) is 5.02 Å². The van der Waals surface area contributed by atoms with Gasteiger partial charge in [-0.3, -0.25) is 4.79 Å². The number of benzene rings is 1. The van der Waals surface area contributed by atoms with E-state index in [1.165, 1.54) is 0 Å². The van der Waals surface area contributed by atoms with E-state index >= 15 is 0 Å². The number of amidine groups is 1. The lowest BCUT2D eigenvalue weighted by Crippen LogP contribution is -2.43. The zero-order chi connectivity index (χ0) is 22.8. The van der Waals surface area contributed by atoms with Crippen molar-refractivity contribution < 1.29 is 4.79 Å². The summed E-state index contributed by atoms with van der Waals surface area (Å²) in [7, 11) is 0. The molecule has 0 aliphatic carbocycles. The van der Waals surface area contributed by atoms with Crippen LogP contribution in [-0.2, 0) is 0 Å². The predicted molar refractivity (Wildman–Crippen MR) is 130 cm³/mol. The first-order valence-electron chi connectivity index (χ1n) is 11.2. The van der Waals surface area contributed by atoms with E-state index in [9.17, 15) is 4.79 Å². The zero-order valence-corrected chi connectivity index (χ0v) is 19.6. The zero-order valence-electron chi connectivity index (χ0n) is 18.8. The summed E-state index contributed by atoms with van der Waals surface area (Å²) in [4.78, 5) is 22.4. The summed E-state index contributed by atoms with van der Waals surface area (Å²) >= 11 is 6.28. The summed E-state index contributed by atoms with van der Waals surface area (Å²) < 4.78 is 0. The van der Waals surface area contributed by atoms with E-state index in [1.54, 1.807) is 11.1 Å². The minimum atomic E-state index is -0.0757. The average molecular weight is 455 g/mol. The van der Waals surface area contributed by atoms with Crippen molar-refractivity contribution in [3.05, 3.63) is 58.0 Å². The summed E-state index contributed by atoms with van der Waals surface area (Å²) in [6.07, 6.45) is 7.86. The molecule has 0 spiro atoms. The molecule has 2 saturated heterocycles. The van der Waals surface area contributed by atoms with Crippen molar-refractivity contribution in [3.8, 4) is 0 Å². The van der Waals surface area contributed by atoms with Crippen LogP contribution in [0.4, 0.5) is 0 Å². The summed E-state index contributed by atoms with van der Waals surface area (Å²) in [5.41, 5.74) is 8.71. The van der Waals surface area contributed by atoms with Gasteiger partial charge in [0.1, 0.15) is 5.84 Å². The number of nitrogens with two attached hydrogens (primary N) is 1. The molecular formula is C24H31ClN6O. The highest BCUT2D eigenvalue weighted by Gasteiger charge is 2.30. The number of piperidine rings is 1. The lowest BCUT2D eigenvalue weighted by molar-refractivity contribution is 0.0662. The van der Waals surface area contributed by atoms with Crippen LogP contribution in [-0.4, -0.2) is 65.0 Å². The molecule has 0 saturated carbocycles. The van der Waals surface area contributed by atoms with E-state index < -0.39 is 0 Å². The van der Waals surface area contributed by atoms with Crippen molar-refractivity contribution in [2.75, 3.05) is 19.6 Å². The Morgan fingerprint density at radius 1 is 1.28 bits per heavy atom. The molecule has 0 bridgehead atoms. The number of likely N-dealkylation sites (tertiary alicyclic amines) is 2. The predicted octanol–water partition coefficient (Wildman–Crippen LogP) is 3.75. The number of halogens is 1. The van der Waals surface area contributed by atoms with Crippen LogP contribution in [0.1, 0.15) is 48.5 Å². The number of hydrogen-bond donors (Lipinski definition) is 1. The maximum Gasteiger partial charge on any atom is 0.254 e. The summed E-state index contributed by atoms with van der Waals surface area (Å²) in [6, 6.07) is 5.59. The summed E-state index contributed by atoms with van der Waals surface area (Å²) in [5, 5.41) is 6.43. The number of hydrazone groups is 1. The lowest BCUT2D eigenvalue weighted by Gasteiger charge is -2.35. The highest BCUT2D eigenvalue weighted by atomic mass is 35.5. The number of nitrogens with zero attached hydrogens (tertiary/aromatic N) is 5. The fourth-order valence-corrected chi connectivity index (χ4v) is 4.71. The Bertz CT molecular complexity index is 1000. The minimum absolute atomic E-state index is 0.0104. The van der Waals surface area contributed by atoms with Gasteiger partial charge < -0.3 is 15.5 Å². The van der Waals surface area contributed by atoms with Crippen LogP contribution in [0, 0.1) is 6.92 Å². The van der Waals surface area contributed by atoms with E-state index in [0.717, 1.165) is 55.7 Å². The number of aliphatic imine (C=N–C) groups is 1. The Morgan fingerprint density at radius 3 is 2.78 bits per heavy atom. The maximum absolute atomic E-state index is 13.3. The van der Waals surface area contributed by atoms with E-state index in [2.05, 4.69) is 16.7 Å². The topological polar surface area (TPSA) is 77.5 Å². The number of carbonyl (C=O) groups is 1. The Labute approximate surface area is 194 Å². The van der Waals surface area contributed by atoms with Crippen LogP contribution < -0.4 is 5.73 Å². The van der Waals surface area contributed by atoms with Gasteiger partial charge in [0.25, 0.3) is 5.91 Å². The number of amides is 1. The monoisotopic (exact) mass is 454 g/mol. The number of carbonyl (C=O) groups excluding carboxylic acids is 1. The van der Waals surface area contributed by atoms with Crippen LogP contribution >= 0.6 is 11.6 Å². The summed E-state index contributed by atoms with van der Waals surface area (Å²) in [6.45, 7) is 10.1. The van der Waals surface area contributed by atoms with Crippen LogP contribution in [0.25, 0.3) is 0 Å². The second kappa shape index (κ2) is 9.46. The molecule has 0 aromatic heterocycles. The average Bonchev–Trinajstić information content (AvgIpc) is 3.22. The third kappa shape index (κ3) is 4.59. The van der Waals surface area contributed by atoms with Gasteiger partial charge in [-0.15, -0.1) is 0 Å². The second-order valence-electron chi connectivity index (χ2n) is 8.78. The molecule has 3 heterocycles. The van der Waals surface area contributed by atoms with E-state index in [4.69, 9.17) is 22.3 Å².